The highest BCUT2D eigenvalue weighted by molar-refractivity contribution is 7.80. The largest absolute Gasteiger partial charge is 0.497 e. The molecule has 136 valence electrons. The van der Waals surface area contributed by atoms with Crippen LogP contribution in [0.2, 0.25) is 0 Å². The molecule has 25 heavy (non-hydrogen) atoms. The Morgan fingerprint density at radius 1 is 1.12 bits per heavy atom. The minimum Gasteiger partial charge on any atom is -0.497 e. The summed E-state index contributed by atoms with van der Waals surface area (Å²) in [5.74, 6) is 1.46. The van der Waals surface area contributed by atoms with Crippen molar-refractivity contribution in [2.24, 2.45) is 0 Å². The van der Waals surface area contributed by atoms with Gasteiger partial charge in [-0.15, -0.1) is 0 Å². The number of hydrogen-bond donors (Lipinski definition) is 1. The summed E-state index contributed by atoms with van der Waals surface area (Å²) in [5.41, 5.74) is 1.00. The molecule has 0 unspecified atom stereocenters. The second kappa shape index (κ2) is 12.3. The first-order chi connectivity index (χ1) is 12.0. The van der Waals surface area contributed by atoms with Crippen LogP contribution >= 0.6 is 12.2 Å². The maximum Gasteiger partial charge on any atom is 0.266 e. The Kier molecular flexibility index (Phi) is 10.3. The average Bonchev–Trinajstić information content (AvgIpc) is 2.84. The van der Waals surface area contributed by atoms with Gasteiger partial charge in [0.05, 0.1) is 7.11 Å². The molecule has 0 saturated heterocycles. The van der Waals surface area contributed by atoms with Crippen molar-refractivity contribution in [1.29, 1.82) is 0 Å². The maximum absolute atomic E-state index is 5.53. The highest BCUT2D eigenvalue weighted by Gasteiger charge is 2.03. The number of hydrogen-bond acceptors (Lipinski definition) is 4. The molecule has 0 saturated carbocycles. The van der Waals surface area contributed by atoms with Crippen LogP contribution in [0.5, 0.6) is 11.5 Å². The van der Waals surface area contributed by atoms with Crippen LogP contribution in [0.15, 0.2) is 60.3 Å². The van der Waals surface area contributed by atoms with Gasteiger partial charge in [0.2, 0.25) is 0 Å². The van der Waals surface area contributed by atoms with E-state index < -0.39 is 0 Å². The maximum atomic E-state index is 5.53. The van der Waals surface area contributed by atoms with Crippen LogP contribution in [0, 0.1) is 0 Å². The summed E-state index contributed by atoms with van der Waals surface area (Å²) < 4.78 is 10.6. The molecule has 1 N–H and O–H groups in total. The highest BCUT2D eigenvalue weighted by Crippen LogP contribution is 2.17. The fourth-order valence-electron chi connectivity index (χ4n) is 2.02. The van der Waals surface area contributed by atoms with Gasteiger partial charge in [-0.2, -0.15) is 0 Å². The van der Waals surface area contributed by atoms with Crippen molar-refractivity contribution in [3.05, 3.63) is 60.3 Å². The van der Waals surface area contributed by atoms with Crippen LogP contribution in [-0.2, 0) is 0 Å². The van der Waals surface area contributed by atoms with Gasteiger partial charge in [-0.1, -0.05) is 31.2 Å². The summed E-state index contributed by atoms with van der Waals surface area (Å²) in [6.45, 7) is 3.39. The molecule has 0 radical (unpaired) electrons. The molecule has 0 aromatic heterocycles. The third kappa shape index (κ3) is 9.69. The van der Waals surface area contributed by atoms with Crippen molar-refractivity contribution in [2.75, 3.05) is 27.7 Å². The molecule has 0 fully saturated rings. The summed E-state index contributed by atoms with van der Waals surface area (Å²) >= 11 is 5.17. The number of benzene rings is 1. The molecule has 0 atom stereocenters. The third-order valence-corrected chi connectivity index (χ3v) is 3.38. The van der Waals surface area contributed by atoms with Gasteiger partial charge in [-0.3, -0.25) is 0 Å². The predicted molar refractivity (Wildman–Crippen MR) is 109 cm³/mol. The Bertz CT molecular complexity index is 605. The zero-order valence-electron chi connectivity index (χ0n) is 15.5. The zero-order valence-corrected chi connectivity index (χ0v) is 16.3. The molecule has 0 bridgehead atoms. The Labute approximate surface area is 156 Å². The quantitative estimate of drug-likeness (QED) is 0.792. The zero-order chi connectivity index (χ0) is 18.5. The highest BCUT2D eigenvalue weighted by atomic mass is 32.1. The van der Waals surface area contributed by atoms with Crippen molar-refractivity contribution in [2.45, 2.75) is 19.8 Å². The predicted octanol–water partition coefficient (Wildman–Crippen LogP) is 4.31. The van der Waals surface area contributed by atoms with Crippen LogP contribution < -0.4 is 14.8 Å². The van der Waals surface area contributed by atoms with E-state index in [4.69, 9.17) is 21.7 Å². The lowest BCUT2D eigenvalue weighted by atomic mass is 10.3. The Hall–Kier alpha value is -2.11. The van der Waals surface area contributed by atoms with E-state index in [2.05, 4.69) is 37.3 Å². The average molecular weight is 361 g/mol. The van der Waals surface area contributed by atoms with Crippen LogP contribution in [0.4, 0.5) is 0 Å². The number of thiocarbonyl (C=S) groups is 1. The first kappa shape index (κ1) is 20.9. The molecule has 1 aliphatic carbocycles. The number of ether oxygens (including phenoxy) is 2. The number of allylic oxidation sites excluding steroid dienone is 5. The third-order valence-electron chi connectivity index (χ3n) is 3.20. The SMILES string of the molecule is CCCN(C)C.COc1ccc(OC(=S)NC2=CC=CC=CC2)cc1. The number of nitrogens with zero attached hydrogens (tertiary/aromatic N) is 1. The minimum atomic E-state index is 0.333. The van der Waals surface area contributed by atoms with E-state index in [-0.39, 0.29) is 0 Å². The summed E-state index contributed by atoms with van der Waals surface area (Å²) in [7, 11) is 5.80. The summed E-state index contributed by atoms with van der Waals surface area (Å²) in [6, 6.07) is 7.28. The normalized spacial score (nSPS) is 12.6. The van der Waals surface area contributed by atoms with E-state index >= 15 is 0 Å². The summed E-state index contributed by atoms with van der Waals surface area (Å²) in [4.78, 5) is 2.18. The standard InChI is InChI=1S/C15H15NO2S.C5H13N/c1-17-13-8-10-14(11-9-13)18-15(19)16-12-6-4-2-3-5-7-12;1-4-5-6(2)3/h2-6,8-11H,7H2,1H3,(H,16,19);4-5H2,1-3H3. The first-order valence-corrected chi connectivity index (χ1v) is 8.76. The first-order valence-electron chi connectivity index (χ1n) is 8.35. The van der Waals surface area contributed by atoms with Crippen molar-refractivity contribution in [3.63, 3.8) is 0 Å². The van der Waals surface area contributed by atoms with E-state index in [1.165, 1.54) is 13.0 Å². The summed E-state index contributed by atoms with van der Waals surface area (Å²) in [5, 5.41) is 3.41. The van der Waals surface area contributed by atoms with Gasteiger partial charge in [0.15, 0.2) is 0 Å². The molecule has 1 aliphatic rings. The second-order valence-electron chi connectivity index (χ2n) is 5.70. The van der Waals surface area contributed by atoms with Crippen molar-refractivity contribution in [1.82, 2.24) is 10.2 Å². The van der Waals surface area contributed by atoms with Crippen LogP contribution in [-0.4, -0.2) is 37.8 Å². The Morgan fingerprint density at radius 3 is 2.36 bits per heavy atom. The van der Waals surface area contributed by atoms with Crippen LogP contribution in [0.1, 0.15) is 19.8 Å². The molecule has 1 aromatic rings. The van der Waals surface area contributed by atoms with Gasteiger partial charge < -0.3 is 19.7 Å². The second-order valence-corrected chi connectivity index (χ2v) is 6.07. The van der Waals surface area contributed by atoms with Gasteiger partial charge in [-0.05, 0) is 69.6 Å². The molecule has 5 heteroatoms. The van der Waals surface area contributed by atoms with Gasteiger partial charge in [0.1, 0.15) is 11.5 Å². The lowest BCUT2D eigenvalue weighted by molar-refractivity contribution is 0.408. The molecule has 1 aromatic carbocycles. The lowest BCUT2D eigenvalue weighted by Gasteiger charge is -2.11. The minimum absolute atomic E-state index is 0.333. The Morgan fingerprint density at radius 2 is 1.80 bits per heavy atom. The van der Waals surface area contributed by atoms with E-state index in [1.807, 2.05) is 48.6 Å². The van der Waals surface area contributed by atoms with Gasteiger partial charge >= 0.3 is 0 Å². The van der Waals surface area contributed by atoms with E-state index in [0.717, 1.165) is 17.9 Å². The monoisotopic (exact) mass is 360 g/mol. The van der Waals surface area contributed by atoms with Crippen molar-refractivity contribution >= 4 is 17.4 Å². The van der Waals surface area contributed by atoms with Gasteiger partial charge in [0.25, 0.3) is 5.17 Å². The molecule has 0 aliphatic heterocycles. The van der Waals surface area contributed by atoms with Crippen LogP contribution in [0.25, 0.3) is 0 Å². The van der Waals surface area contributed by atoms with E-state index in [1.54, 1.807) is 7.11 Å². The number of nitrogens with one attached hydrogen (secondary N) is 1. The van der Waals surface area contributed by atoms with Gasteiger partial charge in [-0.25, -0.2) is 0 Å². The lowest BCUT2D eigenvalue weighted by Crippen LogP contribution is -2.25. The summed E-state index contributed by atoms with van der Waals surface area (Å²) in [6.07, 6.45) is 12.0. The molecular weight excluding hydrogens is 332 g/mol. The van der Waals surface area contributed by atoms with Crippen LogP contribution in [0.3, 0.4) is 0 Å². The smallest absolute Gasteiger partial charge is 0.266 e. The van der Waals surface area contributed by atoms with Crippen molar-refractivity contribution < 1.29 is 9.47 Å². The molecule has 0 spiro atoms. The Balaban J connectivity index is 0.000000450. The van der Waals surface area contributed by atoms with E-state index in [9.17, 15) is 0 Å². The molecule has 2 rings (SSSR count). The molecular formula is C20H28N2O2S. The molecule has 0 heterocycles. The van der Waals surface area contributed by atoms with Gasteiger partial charge in [0, 0.05) is 12.1 Å². The topological polar surface area (TPSA) is 33.7 Å². The van der Waals surface area contributed by atoms with E-state index in [0.29, 0.717) is 10.9 Å². The fraction of sp³-hybridized carbons (Fsp3) is 0.350. The number of rotatable bonds is 5. The molecule has 0 amide bonds. The number of methoxy groups -OCH3 is 1. The van der Waals surface area contributed by atoms with Crippen molar-refractivity contribution in [3.8, 4) is 11.5 Å². The fourth-order valence-corrected chi connectivity index (χ4v) is 2.25. The molecule has 4 nitrogen and oxygen atoms in total.